The summed E-state index contributed by atoms with van der Waals surface area (Å²) in [6.07, 6.45) is 0. The van der Waals surface area contributed by atoms with Crippen molar-refractivity contribution < 1.29 is 19.4 Å². The third-order valence-corrected chi connectivity index (χ3v) is 2.11. The van der Waals surface area contributed by atoms with E-state index in [2.05, 4.69) is 15.9 Å². The molecule has 4 nitrogen and oxygen atoms in total. The number of carboxylic acids is 1. The maximum atomic E-state index is 10.2. The lowest BCUT2D eigenvalue weighted by Crippen LogP contribution is -2.09. The third-order valence-electron chi connectivity index (χ3n) is 1.49. The van der Waals surface area contributed by atoms with Gasteiger partial charge in [0.2, 0.25) is 0 Å². The van der Waals surface area contributed by atoms with Crippen LogP contribution in [0.2, 0.25) is 0 Å². The second-order valence-corrected chi connectivity index (χ2v) is 3.33. The number of carboxylic acid groups (broad SMARTS) is 1. The molecule has 1 N–H and O–H groups in total. The van der Waals surface area contributed by atoms with Crippen LogP contribution in [0.3, 0.4) is 0 Å². The van der Waals surface area contributed by atoms with Crippen LogP contribution in [0.4, 0.5) is 0 Å². The van der Waals surface area contributed by atoms with E-state index in [1.807, 2.05) is 0 Å². The van der Waals surface area contributed by atoms with E-state index < -0.39 is 5.97 Å². The molecule has 14 heavy (non-hydrogen) atoms. The van der Waals surface area contributed by atoms with Gasteiger partial charge in [0.15, 0.2) is 6.61 Å². The van der Waals surface area contributed by atoms with Gasteiger partial charge in [-0.15, -0.1) is 0 Å². The maximum absolute atomic E-state index is 10.2. The van der Waals surface area contributed by atoms with E-state index >= 15 is 0 Å². The number of ether oxygens (including phenoxy) is 2. The van der Waals surface area contributed by atoms with Gasteiger partial charge in [0.1, 0.15) is 11.5 Å². The molecule has 0 heterocycles. The Bertz CT molecular complexity index is 338. The first-order chi connectivity index (χ1) is 6.63. The van der Waals surface area contributed by atoms with Crippen LogP contribution in [0.25, 0.3) is 0 Å². The fourth-order valence-corrected chi connectivity index (χ4v) is 1.34. The minimum atomic E-state index is -1.01. The van der Waals surface area contributed by atoms with Crippen molar-refractivity contribution in [2.45, 2.75) is 0 Å². The number of hydrogen-bond donors (Lipinski definition) is 1. The molecule has 1 rings (SSSR count). The summed E-state index contributed by atoms with van der Waals surface area (Å²) in [5, 5.41) is 8.40. The highest BCUT2D eigenvalue weighted by molar-refractivity contribution is 9.10. The van der Waals surface area contributed by atoms with Crippen molar-refractivity contribution in [3.8, 4) is 11.5 Å². The van der Waals surface area contributed by atoms with Crippen LogP contribution in [0.5, 0.6) is 11.5 Å². The van der Waals surface area contributed by atoms with Gasteiger partial charge in [0.25, 0.3) is 0 Å². The second-order valence-electron chi connectivity index (χ2n) is 2.48. The van der Waals surface area contributed by atoms with E-state index in [9.17, 15) is 4.79 Å². The molecule has 0 aromatic heterocycles. The van der Waals surface area contributed by atoms with Gasteiger partial charge in [-0.3, -0.25) is 0 Å². The Morgan fingerprint density at radius 2 is 2.29 bits per heavy atom. The molecule has 0 atom stereocenters. The van der Waals surface area contributed by atoms with Gasteiger partial charge in [-0.2, -0.15) is 0 Å². The molecule has 0 aliphatic carbocycles. The van der Waals surface area contributed by atoms with Crippen molar-refractivity contribution in [1.29, 1.82) is 0 Å². The van der Waals surface area contributed by atoms with Crippen molar-refractivity contribution in [3.05, 3.63) is 22.7 Å². The Hall–Kier alpha value is -1.23. The molecular formula is C9H9BrO4. The summed E-state index contributed by atoms with van der Waals surface area (Å²) in [4.78, 5) is 10.2. The molecule has 0 fully saturated rings. The molecule has 5 heteroatoms. The lowest BCUT2D eigenvalue weighted by Gasteiger charge is -2.06. The fourth-order valence-electron chi connectivity index (χ4n) is 0.865. The fraction of sp³-hybridized carbons (Fsp3) is 0.222. The third kappa shape index (κ3) is 2.92. The van der Waals surface area contributed by atoms with Crippen molar-refractivity contribution >= 4 is 21.9 Å². The van der Waals surface area contributed by atoms with E-state index in [0.717, 1.165) is 0 Å². The SMILES string of the molecule is COc1ccc(OCC(=O)O)c(Br)c1. The normalized spacial score (nSPS) is 9.57. The monoisotopic (exact) mass is 260 g/mol. The molecule has 0 radical (unpaired) electrons. The van der Waals surface area contributed by atoms with Crippen LogP contribution in [-0.2, 0) is 4.79 Å². The highest BCUT2D eigenvalue weighted by atomic mass is 79.9. The van der Waals surface area contributed by atoms with Crippen LogP contribution in [0.15, 0.2) is 22.7 Å². The highest BCUT2D eigenvalue weighted by Gasteiger charge is 2.04. The molecule has 0 unspecified atom stereocenters. The maximum Gasteiger partial charge on any atom is 0.341 e. The van der Waals surface area contributed by atoms with E-state index in [1.165, 1.54) is 0 Å². The molecule has 0 aliphatic heterocycles. The number of methoxy groups -OCH3 is 1. The molecule has 1 aromatic rings. The van der Waals surface area contributed by atoms with Gasteiger partial charge in [-0.05, 0) is 34.1 Å². The lowest BCUT2D eigenvalue weighted by molar-refractivity contribution is -0.139. The van der Waals surface area contributed by atoms with Gasteiger partial charge >= 0.3 is 5.97 Å². The van der Waals surface area contributed by atoms with Crippen molar-refractivity contribution in [2.75, 3.05) is 13.7 Å². The van der Waals surface area contributed by atoms with Gasteiger partial charge < -0.3 is 14.6 Å². The van der Waals surface area contributed by atoms with Crippen LogP contribution in [0.1, 0.15) is 0 Å². The Labute approximate surface area is 89.6 Å². The molecule has 0 saturated carbocycles. The minimum absolute atomic E-state index is 0.356. The van der Waals surface area contributed by atoms with Crippen LogP contribution < -0.4 is 9.47 Å². The van der Waals surface area contributed by atoms with Crippen molar-refractivity contribution in [2.24, 2.45) is 0 Å². The second kappa shape index (κ2) is 4.85. The number of halogens is 1. The summed E-state index contributed by atoms with van der Waals surface area (Å²) >= 11 is 3.24. The molecule has 0 amide bonds. The zero-order chi connectivity index (χ0) is 10.6. The Kier molecular flexibility index (Phi) is 3.76. The first-order valence-corrected chi connectivity index (χ1v) is 4.61. The molecule has 0 aliphatic rings. The topological polar surface area (TPSA) is 55.8 Å². The van der Waals surface area contributed by atoms with Gasteiger partial charge in [-0.25, -0.2) is 4.79 Å². The summed E-state index contributed by atoms with van der Waals surface area (Å²) in [6, 6.07) is 5.05. The van der Waals surface area contributed by atoms with Crippen molar-refractivity contribution in [3.63, 3.8) is 0 Å². The highest BCUT2D eigenvalue weighted by Crippen LogP contribution is 2.28. The Morgan fingerprint density at radius 3 is 2.79 bits per heavy atom. The number of rotatable bonds is 4. The average Bonchev–Trinajstić information content (AvgIpc) is 2.15. The number of hydrogen-bond acceptors (Lipinski definition) is 3. The number of benzene rings is 1. The molecule has 1 aromatic carbocycles. The van der Waals surface area contributed by atoms with Gasteiger partial charge in [-0.1, -0.05) is 0 Å². The summed E-state index contributed by atoms with van der Waals surface area (Å²) in [5.74, 6) is 0.153. The number of aliphatic carboxylic acids is 1. The van der Waals surface area contributed by atoms with E-state index in [4.69, 9.17) is 14.6 Å². The quantitative estimate of drug-likeness (QED) is 0.899. The van der Waals surface area contributed by atoms with Crippen LogP contribution in [-0.4, -0.2) is 24.8 Å². The summed E-state index contributed by atoms with van der Waals surface area (Å²) in [6.45, 7) is -0.356. The largest absolute Gasteiger partial charge is 0.497 e. The first kappa shape index (κ1) is 10.8. The lowest BCUT2D eigenvalue weighted by atomic mass is 10.3. The zero-order valence-corrected chi connectivity index (χ0v) is 9.08. The first-order valence-electron chi connectivity index (χ1n) is 3.81. The average molecular weight is 261 g/mol. The summed E-state index contributed by atoms with van der Waals surface area (Å²) < 4.78 is 10.6. The molecule has 76 valence electrons. The smallest absolute Gasteiger partial charge is 0.341 e. The predicted molar refractivity (Wildman–Crippen MR) is 53.8 cm³/mol. The standard InChI is InChI=1S/C9H9BrO4/c1-13-6-2-3-8(7(10)4-6)14-5-9(11)12/h2-4H,5H2,1H3,(H,11,12). The van der Waals surface area contributed by atoms with Gasteiger partial charge in [0.05, 0.1) is 11.6 Å². The molecule has 0 saturated heterocycles. The predicted octanol–water partition coefficient (Wildman–Crippen LogP) is 1.92. The van der Waals surface area contributed by atoms with E-state index in [0.29, 0.717) is 16.0 Å². The molecule has 0 spiro atoms. The molecule has 0 bridgehead atoms. The zero-order valence-electron chi connectivity index (χ0n) is 7.49. The van der Waals surface area contributed by atoms with Gasteiger partial charge in [0, 0.05) is 0 Å². The van der Waals surface area contributed by atoms with Crippen LogP contribution >= 0.6 is 15.9 Å². The molecular weight excluding hydrogens is 252 g/mol. The Morgan fingerprint density at radius 1 is 1.57 bits per heavy atom. The summed E-state index contributed by atoms with van der Waals surface area (Å²) in [5.41, 5.74) is 0. The summed E-state index contributed by atoms with van der Waals surface area (Å²) in [7, 11) is 1.56. The number of carbonyl (C=O) groups is 1. The van der Waals surface area contributed by atoms with E-state index in [-0.39, 0.29) is 6.61 Å². The van der Waals surface area contributed by atoms with E-state index in [1.54, 1.807) is 25.3 Å². The van der Waals surface area contributed by atoms with Crippen LogP contribution in [0, 0.1) is 0 Å². The van der Waals surface area contributed by atoms with Crippen molar-refractivity contribution in [1.82, 2.24) is 0 Å². The Balaban J connectivity index is 2.73. The minimum Gasteiger partial charge on any atom is -0.497 e.